The van der Waals surface area contributed by atoms with E-state index in [-0.39, 0.29) is 58.4 Å². The standard InChI is InChI=1S/C15H14Cl4N2O5/c1-2-26-15(25)21-5-3-20(4-6-21)13(22)7-8(14(23)24)10(17)12(19)11(18)9(7)16/h2-6H2,1H3,(H,23,24). The van der Waals surface area contributed by atoms with E-state index in [4.69, 9.17) is 51.1 Å². The first-order valence-electron chi connectivity index (χ1n) is 7.50. The first kappa shape index (κ1) is 20.9. The number of nitrogens with zero attached hydrogens (tertiary/aromatic N) is 2. The third-order valence-electron chi connectivity index (χ3n) is 3.79. The Morgan fingerprint density at radius 1 is 0.885 bits per heavy atom. The minimum Gasteiger partial charge on any atom is -0.478 e. The third kappa shape index (κ3) is 3.96. The fourth-order valence-electron chi connectivity index (χ4n) is 2.50. The van der Waals surface area contributed by atoms with Crippen LogP contribution in [0.5, 0.6) is 0 Å². The Hall–Kier alpha value is -1.41. The van der Waals surface area contributed by atoms with Crippen molar-refractivity contribution in [2.24, 2.45) is 0 Å². The second-order valence-electron chi connectivity index (χ2n) is 5.29. The first-order valence-corrected chi connectivity index (χ1v) is 9.02. The molecule has 0 radical (unpaired) electrons. The zero-order valence-electron chi connectivity index (χ0n) is 13.5. The molecule has 0 unspecified atom stereocenters. The van der Waals surface area contributed by atoms with Gasteiger partial charge in [0.15, 0.2) is 0 Å². The Kier molecular flexibility index (Phi) is 6.85. The van der Waals surface area contributed by atoms with Crippen molar-refractivity contribution in [3.05, 3.63) is 31.2 Å². The summed E-state index contributed by atoms with van der Waals surface area (Å²) in [7, 11) is 0. The number of carbonyl (C=O) groups is 3. The summed E-state index contributed by atoms with van der Waals surface area (Å²) in [4.78, 5) is 39.0. The van der Waals surface area contributed by atoms with Crippen LogP contribution in [0.15, 0.2) is 0 Å². The molecule has 1 aliphatic rings. The number of carboxylic acid groups (broad SMARTS) is 1. The molecule has 142 valence electrons. The van der Waals surface area contributed by atoms with Gasteiger partial charge in [0.2, 0.25) is 0 Å². The van der Waals surface area contributed by atoms with Gasteiger partial charge in [0.1, 0.15) is 0 Å². The molecule has 7 nitrogen and oxygen atoms in total. The van der Waals surface area contributed by atoms with Gasteiger partial charge in [0.05, 0.1) is 37.8 Å². The van der Waals surface area contributed by atoms with Crippen LogP contribution >= 0.6 is 46.4 Å². The van der Waals surface area contributed by atoms with Crippen LogP contribution in [0.4, 0.5) is 4.79 Å². The first-order chi connectivity index (χ1) is 12.2. The van der Waals surface area contributed by atoms with Crippen molar-refractivity contribution in [3.8, 4) is 0 Å². The fourth-order valence-corrected chi connectivity index (χ4v) is 3.51. The molecule has 0 atom stereocenters. The normalized spacial score (nSPS) is 14.3. The van der Waals surface area contributed by atoms with Crippen LogP contribution in [0, 0.1) is 0 Å². The Balaban J connectivity index is 2.31. The summed E-state index contributed by atoms with van der Waals surface area (Å²) in [6.07, 6.45) is -0.471. The predicted octanol–water partition coefficient (Wildman–Crippen LogP) is 3.91. The van der Waals surface area contributed by atoms with E-state index in [1.165, 1.54) is 9.80 Å². The number of benzene rings is 1. The monoisotopic (exact) mass is 442 g/mol. The summed E-state index contributed by atoms with van der Waals surface area (Å²) in [6.45, 7) is 2.76. The van der Waals surface area contributed by atoms with E-state index in [0.717, 1.165) is 0 Å². The van der Waals surface area contributed by atoms with Crippen molar-refractivity contribution in [2.75, 3.05) is 32.8 Å². The molecule has 2 amide bonds. The second-order valence-corrected chi connectivity index (χ2v) is 6.80. The molecule has 1 aromatic carbocycles. The summed E-state index contributed by atoms with van der Waals surface area (Å²) in [6, 6.07) is 0. The average Bonchev–Trinajstić information content (AvgIpc) is 2.62. The lowest BCUT2D eigenvalue weighted by atomic mass is 10.1. The second kappa shape index (κ2) is 8.52. The van der Waals surface area contributed by atoms with Gasteiger partial charge in [-0.25, -0.2) is 9.59 Å². The Morgan fingerprint density at radius 2 is 1.35 bits per heavy atom. The SMILES string of the molecule is CCOC(=O)N1CCN(C(=O)c2c(Cl)c(Cl)c(Cl)c(Cl)c2C(=O)O)CC1. The number of rotatable bonds is 3. The van der Waals surface area contributed by atoms with Crippen LogP contribution in [-0.4, -0.2) is 65.7 Å². The zero-order valence-corrected chi connectivity index (χ0v) is 16.5. The van der Waals surface area contributed by atoms with E-state index < -0.39 is 23.5 Å². The summed E-state index contributed by atoms with van der Waals surface area (Å²) >= 11 is 23.9. The van der Waals surface area contributed by atoms with Gasteiger partial charge in [-0.1, -0.05) is 46.4 Å². The lowest BCUT2D eigenvalue weighted by molar-refractivity contribution is 0.0562. The molecular weight excluding hydrogens is 430 g/mol. The molecule has 11 heteroatoms. The maximum Gasteiger partial charge on any atom is 0.409 e. The Bertz CT molecular complexity index is 763. The number of piperazine rings is 1. The number of halogens is 4. The Morgan fingerprint density at radius 3 is 1.81 bits per heavy atom. The third-order valence-corrected chi connectivity index (χ3v) is 5.59. The van der Waals surface area contributed by atoms with Crippen LogP contribution in [0.25, 0.3) is 0 Å². The average molecular weight is 444 g/mol. The van der Waals surface area contributed by atoms with Gasteiger partial charge in [0, 0.05) is 26.2 Å². The fraction of sp³-hybridized carbons (Fsp3) is 0.400. The van der Waals surface area contributed by atoms with Crippen LogP contribution in [0.2, 0.25) is 20.1 Å². The molecule has 0 aliphatic carbocycles. The molecule has 1 saturated heterocycles. The number of carbonyl (C=O) groups excluding carboxylic acids is 2. The number of hydrogen-bond acceptors (Lipinski definition) is 4. The van der Waals surface area contributed by atoms with Crippen LogP contribution < -0.4 is 0 Å². The van der Waals surface area contributed by atoms with Gasteiger partial charge < -0.3 is 19.6 Å². The number of amides is 2. The van der Waals surface area contributed by atoms with Gasteiger partial charge in [-0.05, 0) is 6.92 Å². The van der Waals surface area contributed by atoms with E-state index in [9.17, 15) is 19.5 Å². The van der Waals surface area contributed by atoms with Crippen molar-refractivity contribution in [2.45, 2.75) is 6.92 Å². The minimum atomic E-state index is -1.45. The van der Waals surface area contributed by atoms with Gasteiger partial charge in [-0.2, -0.15) is 0 Å². The van der Waals surface area contributed by atoms with E-state index in [2.05, 4.69) is 0 Å². The molecule has 1 heterocycles. The largest absolute Gasteiger partial charge is 0.478 e. The highest BCUT2D eigenvalue weighted by Crippen LogP contribution is 2.42. The van der Waals surface area contributed by atoms with Crippen LogP contribution in [0.3, 0.4) is 0 Å². The molecule has 0 saturated carbocycles. The molecule has 2 rings (SSSR count). The highest BCUT2D eigenvalue weighted by molar-refractivity contribution is 6.54. The predicted molar refractivity (Wildman–Crippen MR) is 97.9 cm³/mol. The van der Waals surface area contributed by atoms with E-state index in [1.807, 2.05) is 0 Å². The summed E-state index contributed by atoms with van der Waals surface area (Å²) in [5.74, 6) is -2.11. The molecule has 0 spiro atoms. The molecule has 1 N–H and O–H groups in total. The minimum absolute atomic E-state index is 0.172. The number of hydrogen-bond donors (Lipinski definition) is 1. The lowest BCUT2D eigenvalue weighted by Gasteiger charge is -2.34. The summed E-state index contributed by atoms with van der Waals surface area (Å²) in [5, 5.41) is 8.35. The molecular formula is C15H14Cl4N2O5. The molecule has 0 bridgehead atoms. The maximum atomic E-state index is 12.8. The highest BCUT2D eigenvalue weighted by Gasteiger charge is 2.33. The zero-order chi connectivity index (χ0) is 19.6. The molecule has 0 aromatic heterocycles. The molecule has 26 heavy (non-hydrogen) atoms. The van der Waals surface area contributed by atoms with Gasteiger partial charge >= 0.3 is 12.1 Å². The quantitative estimate of drug-likeness (QED) is 0.565. The summed E-state index contributed by atoms with van der Waals surface area (Å²) in [5.41, 5.74) is -0.841. The van der Waals surface area contributed by atoms with Crippen molar-refractivity contribution in [1.82, 2.24) is 9.80 Å². The lowest BCUT2D eigenvalue weighted by Crippen LogP contribution is -2.51. The Labute approximate surface area is 169 Å². The smallest absolute Gasteiger partial charge is 0.409 e. The topological polar surface area (TPSA) is 87.2 Å². The number of aromatic carboxylic acids is 1. The molecule has 1 aromatic rings. The van der Waals surface area contributed by atoms with Crippen LogP contribution in [0.1, 0.15) is 27.6 Å². The maximum absolute atomic E-state index is 12.8. The van der Waals surface area contributed by atoms with Gasteiger partial charge in [-0.15, -0.1) is 0 Å². The van der Waals surface area contributed by atoms with Crippen molar-refractivity contribution in [3.63, 3.8) is 0 Å². The summed E-state index contributed by atoms with van der Waals surface area (Å²) < 4.78 is 4.91. The molecule has 1 aliphatic heterocycles. The number of carboxylic acids is 1. The van der Waals surface area contributed by atoms with E-state index in [0.29, 0.717) is 0 Å². The molecule has 1 fully saturated rings. The van der Waals surface area contributed by atoms with E-state index in [1.54, 1.807) is 6.92 Å². The van der Waals surface area contributed by atoms with Crippen molar-refractivity contribution in [1.29, 1.82) is 0 Å². The van der Waals surface area contributed by atoms with E-state index >= 15 is 0 Å². The number of ether oxygens (including phenoxy) is 1. The van der Waals surface area contributed by atoms with Crippen molar-refractivity contribution >= 4 is 64.4 Å². The van der Waals surface area contributed by atoms with Crippen molar-refractivity contribution < 1.29 is 24.2 Å². The van der Waals surface area contributed by atoms with Gasteiger partial charge in [-0.3, -0.25) is 4.79 Å². The highest BCUT2D eigenvalue weighted by atomic mass is 35.5. The van der Waals surface area contributed by atoms with Crippen LogP contribution in [-0.2, 0) is 4.74 Å². The van der Waals surface area contributed by atoms with Gasteiger partial charge in [0.25, 0.3) is 5.91 Å².